The van der Waals surface area contributed by atoms with Gasteiger partial charge in [0.15, 0.2) is 0 Å². The normalized spacial score (nSPS) is 24.8. The summed E-state index contributed by atoms with van der Waals surface area (Å²) >= 11 is 0. The topological polar surface area (TPSA) is 50.4 Å². The van der Waals surface area contributed by atoms with E-state index in [2.05, 4.69) is 16.7 Å². The summed E-state index contributed by atoms with van der Waals surface area (Å²) in [4.78, 5) is 11.9. The number of para-hydroxylation sites is 1. The van der Waals surface area contributed by atoms with Gasteiger partial charge in [0.1, 0.15) is 11.9 Å². The zero-order valence-corrected chi connectivity index (χ0v) is 11.7. The molecule has 0 spiro atoms. The van der Waals surface area contributed by atoms with Crippen LogP contribution in [0.25, 0.3) is 0 Å². The molecule has 4 heteroatoms. The van der Waals surface area contributed by atoms with Crippen LogP contribution in [0.2, 0.25) is 0 Å². The van der Waals surface area contributed by atoms with Crippen LogP contribution in [0.15, 0.2) is 24.3 Å². The highest BCUT2D eigenvalue weighted by Crippen LogP contribution is 2.27. The summed E-state index contributed by atoms with van der Waals surface area (Å²) in [5.74, 6) is 1.09. The second-order valence-electron chi connectivity index (χ2n) is 5.71. The van der Waals surface area contributed by atoms with Crippen LogP contribution in [0.1, 0.15) is 31.2 Å². The van der Waals surface area contributed by atoms with Gasteiger partial charge in [-0.25, -0.2) is 0 Å². The van der Waals surface area contributed by atoms with Crippen LogP contribution in [-0.4, -0.2) is 31.1 Å². The van der Waals surface area contributed by atoms with Crippen molar-refractivity contribution in [3.63, 3.8) is 0 Å². The van der Waals surface area contributed by atoms with Gasteiger partial charge >= 0.3 is 0 Å². The maximum atomic E-state index is 11.9. The lowest BCUT2D eigenvalue weighted by atomic mass is 10.0. The fourth-order valence-corrected chi connectivity index (χ4v) is 2.99. The lowest BCUT2D eigenvalue weighted by Gasteiger charge is -2.23. The van der Waals surface area contributed by atoms with Crippen LogP contribution in [-0.2, 0) is 11.2 Å². The first-order valence-corrected chi connectivity index (χ1v) is 7.56. The Labute approximate surface area is 119 Å². The molecule has 108 valence electrons. The van der Waals surface area contributed by atoms with Crippen LogP contribution >= 0.6 is 0 Å². The first-order chi connectivity index (χ1) is 9.81. The van der Waals surface area contributed by atoms with Gasteiger partial charge in [-0.15, -0.1) is 0 Å². The predicted molar refractivity (Wildman–Crippen MR) is 77.8 cm³/mol. The maximum Gasteiger partial charge on any atom is 0.221 e. The number of nitrogens with one attached hydrogen (secondary N) is 2. The van der Waals surface area contributed by atoms with Crippen LogP contribution < -0.4 is 15.4 Å². The average Bonchev–Trinajstić information content (AvgIpc) is 2.89. The zero-order chi connectivity index (χ0) is 13.8. The number of rotatable bonds is 4. The van der Waals surface area contributed by atoms with E-state index in [1.54, 1.807) is 0 Å². The van der Waals surface area contributed by atoms with Crippen LogP contribution in [0.5, 0.6) is 5.75 Å². The highest BCUT2D eigenvalue weighted by atomic mass is 16.5. The van der Waals surface area contributed by atoms with Crippen molar-refractivity contribution in [3.05, 3.63) is 29.8 Å². The summed E-state index contributed by atoms with van der Waals surface area (Å²) in [6, 6.07) is 8.43. The Bertz CT molecular complexity index is 444. The lowest BCUT2D eigenvalue weighted by molar-refractivity contribution is -0.122. The minimum atomic E-state index is 0.0793. The SMILES string of the molecule is O=C(CC1CCCCN1)NCC1Cc2ccccc2O1. The summed E-state index contributed by atoms with van der Waals surface area (Å²) in [5.41, 5.74) is 1.24. The minimum absolute atomic E-state index is 0.0793. The molecule has 0 aliphatic carbocycles. The second kappa shape index (κ2) is 6.27. The monoisotopic (exact) mass is 274 g/mol. The van der Waals surface area contributed by atoms with E-state index in [0.717, 1.165) is 25.1 Å². The summed E-state index contributed by atoms with van der Waals surface area (Å²) in [7, 11) is 0. The standard InChI is InChI=1S/C16H22N2O2/c19-16(10-13-6-3-4-8-17-13)18-11-14-9-12-5-1-2-7-15(12)20-14/h1-2,5,7,13-14,17H,3-4,6,8-11H2,(H,18,19). The van der Waals surface area contributed by atoms with E-state index < -0.39 is 0 Å². The van der Waals surface area contributed by atoms with E-state index in [0.29, 0.717) is 19.0 Å². The second-order valence-corrected chi connectivity index (χ2v) is 5.71. The molecule has 4 nitrogen and oxygen atoms in total. The Kier molecular flexibility index (Phi) is 4.21. The Morgan fingerprint density at radius 3 is 3.05 bits per heavy atom. The van der Waals surface area contributed by atoms with Crippen molar-refractivity contribution in [2.24, 2.45) is 0 Å². The van der Waals surface area contributed by atoms with Crippen molar-refractivity contribution in [2.45, 2.75) is 44.2 Å². The van der Waals surface area contributed by atoms with Gasteiger partial charge in [-0.1, -0.05) is 24.6 Å². The van der Waals surface area contributed by atoms with Gasteiger partial charge in [-0.05, 0) is 31.0 Å². The van der Waals surface area contributed by atoms with Gasteiger partial charge < -0.3 is 15.4 Å². The summed E-state index contributed by atoms with van der Waals surface area (Å²) in [6.07, 6.45) is 5.12. The molecule has 0 aromatic heterocycles. The molecule has 3 rings (SSSR count). The molecule has 0 bridgehead atoms. The molecule has 2 aliphatic heterocycles. The van der Waals surface area contributed by atoms with Gasteiger partial charge in [0.05, 0.1) is 6.54 Å². The van der Waals surface area contributed by atoms with Crippen molar-refractivity contribution in [2.75, 3.05) is 13.1 Å². The summed E-state index contributed by atoms with van der Waals surface area (Å²) in [5, 5.41) is 6.40. The van der Waals surface area contributed by atoms with Crippen molar-refractivity contribution in [1.82, 2.24) is 10.6 Å². The fraction of sp³-hybridized carbons (Fsp3) is 0.562. The summed E-state index contributed by atoms with van der Waals surface area (Å²) < 4.78 is 5.82. The first kappa shape index (κ1) is 13.4. The van der Waals surface area contributed by atoms with E-state index in [1.807, 2.05) is 18.2 Å². The number of benzene rings is 1. The number of fused-ring (bicyclic) bond motifs is 1. The van der Waals surface area contributed by atoms with Crippen molar-refractivity contribution in [1.29, 1.82) is 0 Å². The quantitative estimate of drug-likeness (QED) is 0.877. The van der Waals surface area contributed by atoms with Gasteiger partial charge in [0, 0.05) is 18.9 Å². The molecule has 2 N–H and O–H groups in total. The first-order valence-electron chi connectivity index (χ1n) is 7.56. The third-order valence-electron chi connectivity index (χ3n) is 4.08. The van der Waals surface area contributed by atoms with E-state index >= 15 is 0 Å². The largest absolute Gasteiger partial charge is 0.488 e. The average molecular weight is 274 g/mol. The molecule has 0 radical (unpaired) electrons. The number of hydrogen-bond donors (Lipinski definition) is 2. The zero-order valence-electron chi connectivity index (χ0n) is 11.7. The summed E-state index contributed by atoms with van der Waals surface area (Å²) in [6.45, 7) is 1.64. The number of ether oxygens (including phenoxy) is 1. The van der Waals surface area contributed by atoms with E-state index in [-0.39, 0.29) is 12.0 Å². The molecule has 2 unspecified atom stereocenters. The molecule has 1 saturated heterocycles. The molecule has 20 heavy (non-hydrogen) atoms. The maximum absolute atomic E-state index is 11.9. The molecule has 2 heterocycles. The van der Waals surface area contributed by atoms with Gasteiger partial charge in [0.2, 0.25) is 5.91 Å². The molecule has 1 fully saturated rings. The highest BCUT2D eigenvalue weighted by Gasteiger charge is 2.23. The van der Waals surface area contributed by atoms with Crippen molar-refractivity contribution >= 4 is 5.91 Å². The molecular weight excluding hydrogens is 252 g/mol. The third-order valence-corrected chi connectivity index (χ3v) is 4.08. The molecular formula is C16H22N2O2. The van der Waals surface area contributed by atoms with Gasteiger partial charge in [-0.3, -0.25) is 4.79 Å². The van der Waals surface area contributed by atoms with Crippen LogP contribution in [0.4, 0.5) is 0 Å². The number of amides is 1. The predicted octanol–water partition coefficient (Wildman–Crippen LogP) is 1.64. The number of carbonyl (C=O) groups excluding carboxylic acids is 1. The molecule has 2 atom stereocenters. The Hall–Kier alpha value is -1.55. The van der Waals surface area contributed by atoms with E-state index in [9.17, 15) is 4.79 Å². The molecule has 1 aromatic rings. The third kappa shape index (κ3) is 3.31. The number of carbonyl (C=O) groups is 1. The highest BCUT2D eigenvalue weighted by molar-refractivity contribution is 5.76. The number of hydrogen-bond acceptors (Lipinski definition) is 3. The van der Waals surface area contributed by atoms with Crippen LogP contribution in [0.3, 0.4) is 0 Å². The minimum Gasteiger partial charge on any atom is -0.488 e. The fourth-order valence-electron chi connectivity index (χ4n) is 2.99. The Morgan fingerprint density at radius 2 is 2.25 bits per heavy atom. The molecule has 1 amide bonds. The smallest absolute Gasteiger partial charge is 0.221 e. The Morgan fingerprint density at radius 1 is 1.35 bits per heavy atom. The van der Waals surface area contributed by atoms with Gasteiger partial charge in [0.25, 0.3) is 0 Å². The number of piperidine rings is 1. The van der Waals surface area contributed by atoms with E-state index in [1.165, 1.54) is 18.4 Å². The van der Waals surface area contributed by atoms with Gasteiger partial charge in [-0.2, -0.15) is 0 Å². The van der Waals surface area contributed by atoms with E-state index in [4.69, 9.17) is 4.74 Å². The van der Waals surface area contributed by atoms with Crippen molar-refractivity contribution < 1.29 is 9.53 Å². The molecule has 2 aliphatic rings. The molecule has 1 aromatic carbocycles. The lowest BCUT2D eigenvalue weighted by Crippen LogP contribution is -2.41. The Balaban J connectivity index is 1.41. The van der Waals surface area contributed by atoms with Crippen LogP contribution in [0, 0.1) is 0 Å². The molecule has 0 saturated carbocycles. The van der Waals surface area contributed by atoms with Crippen molar-refractivity contribution in [3.8, 4) is 5.75 Å².